The third-order valence-corrected chi connectivity index (χ3v) is 0.827. The van der Waals surface area contributed by atoms with Gasteiger partial charge in [-0.1, -0.05) is 0 Å². The summed E-state index contributed by atoms with van der Waals surface area (Å²) in [4.78, 5) is 0. The van der Waals surface area contributed by atoms with Gasteiger partial charge in [0.05, 0.1) is 0 Å². The molecule has 12 N–H and O–H groups in total. The Hall–Kier alpha value is -0.200. The van der Waals surface area contributed by atoms with E-state index in [1.165, 1.54) is 12.8 Å². The van der Waals surface area contributed by atoms with Crippen molar-refractivity contribution in [3.05, 3.63) is 0 Å². The van der Waals surface area contributed by atoms with Crippen molar-refractivity contribution in [2.24, 2.45) is 0 Å². The molecule has 0 atom stereocenters. The molecule has 0 aliphatic carbocycles. The van der Waals surface area contributed by atoms with E-state index in [2.05, 4.69) is 0 Å². The molecule has 0 spiro atoms. The third-order valence-electron chi connectivity index (χ3n) is 0.827. The van der Waals surface area contributed by atoms with Crippen molar-refractivity contribution in [2.75, 3.05) is 13.2 Å². The minimum atomic E-state index is 0. The number of hydrogen-bond donors (Lipinski definition) is 4. The van der Waals surface area contributed by atoms with Crippen molar-refractivity contribution in [3.63, 3.8) is 0 Å². The molecule has 0 aromatic rings. The first-order valence-corrected chi connectivity index (χ1v) is 2.08. The van der Waals surface area contributed by atoms with Crippen LogP contribution in [0.2, 0.25) is 0 Å². The van der Waals surface area contributed by atoms with E-state index in [9.17, 15) is 0 Å². The molecule has 1 heterocycles. The lowest BCUT2D eigenvalue weighted by Crippen LogP contribution is -1.74. The van der Waals surface area contributed by atoms with Gasteiger partial charge in [-0.05, 0) is 12.8 Å². The van der Waals surface area contributed by atoms with Crippen LogP contribution in [0.1, 0.15) is 12.8 Å². The zero-order valence-electron chi connectivity index (χ0n) is 6.07. The highest BCUT2D eigenvalue weighted by molar-refractivity contribution is 4.43. The molecule has 1 aliphatic rings. The van der Waals surface area contributed by atoms with Gasteiger partial charge in [-0.15, -0.1) is 0 Å². The Morgan fingerprint density at radius 2 is 1.00 bits per heavy atom. The van der Waals surface area contributed by atoms with Crippen LogP contribution >= 0.6 is 0 Å². The standard InChI is InChI=1S/C4H8O.4H3N/c1-2-4-5-3-1;;;;/h1-4H2;4*1H3. The van der Waals surface area contributed by atoms with Crippen LogP contribution in [0, 0.1) is 0 Å². The molecule has 5 nitrogen and oxygen atoms in total. The average molecular weight is 140 g/mol. The maximum atomic E-state index is 4.94. The highest BCUT2D eigenvalue weighted by atomic mass is 16.5. The smallest absolute Gasteiger partial charge is 0.0466 e. The lowest BCUT2D eigenvalue weighted by molar-refractivity contribution is 0.198. The van der Waals surface area contributed by atoms with E-state index in [1.807, 2.05) is 0 Å². The minimum Gasteiger partial charge on any atom is -0.381 e. The first kappa shape index (κ1) is 23.2. The van der Waals surface area contributed by atoms with Crippen LogP contribution in [0.25, 0.3) is 0 Å². The molecule has 1 saturated heterocycles. The molecule has 9 heavy (non-hydrogen) atoms. The summed E-state index contributed by atoms with van der Waals surface area (Å²) in [5, 5.41) is 0. The van der Waals surface area contributed by atoms with Crippen molar-refractivity contribution >= 4 is 0 Å². The minimum absolute atomic E-state index is 0. The second-order valence-corrected chi connectivity index (χ2v) is 1.32. The van der Waals surface area contributed by atoms with Gasteiger partial charge < -0.3 is 29.3 Å². The summed E-state index contributed by atoms with van der Waals surface area (Å²) in [6.45, 7) is 2.00. The number of ether oxygens (including phenoxy) is 1. The molecule has 62 valence electrons. The maximum absolute atomic E-state index is 4.94. The first-order chi connectivity index (χ1) is 2.50. The molecular weight excluding hydrogens is 120 g/mol. The normalized spacial score (nSPS) is 13.3. The molecule has 0 amide bonds. The van der Waals surface area contributed by atoms with Gasteiger partial charge in [0.2, 0.25) is 0 Å². The molecular formula is C4H20N4O. The van der Waals surface area contributed by atoms with Gasteiger partial charge in [-0.2, -0.15) is 0 Å². The van der Waals surface area contributed by atoms with Crippen molar-refractivity contribution in [1.29, 1.82) is 0 Å². The van der Waals surface area contributed by atoms with Crippen LogP contribution in [-0.4, -0.2) is 13.2 Å². The van der Waals surface area contributed by atoms with E-state index in [-0.39, 0.29) is 24.6 Å². The fraction of sp³-hybridized carbons (Fsp3) is 1.00. The quantitative estimate of drug-likeness (QED) is 0.401. The second kappa shape index (κ2) is 15.7. The summed E-state index contributed by atoms with van der Waals surface area (Å²) in [6.07, 6.45) is 2.56. The SMILES string of the molecule is C1CCOC1.N.N.N.N. The topological polar surface area (TPSA) is 149 Å². The van der Waals surface area contributed by atoms with Crippen molar-refractivity contribution in [1.82, 2.24) is 24.6 Å². The fourth-order valence-electron chi connectivity index (χ4n) is 0.510. The van der Waals surface area contributed by atoms with E-state index in [1.54, 1.807) is 0 Å². The van der Waals surface area contributed by atoms with Crippen LogP contribution in [0.15, 0.2) is 0 Å². The molecule has 5 heteroatoms. The molecule has 0 bridgehead atoms. The lowest BCUT2D eigenvalue weighted by atomic mass is 10.4. The molecule has 0 aromatic heterocycles. The lowest BCUT2D eigenvalue weighted by Gasteiger charge is -1.76. The monoisotopic (exact) mass is 140 g/mol. The maximum Gasteiger partial charge on any atom is 0.0466 e. The van der Waals surface area contributed by atoms with E-state index >= 15 is 0 Å². The van der Waals surface area contributed by atoms with Gasteiger partial charge >= 0.3 is 0 Å². The molecule has 0 unspecified atom stereocenters. The van der Waals surface area contributed by atoms with Gasteiger partial charge in [-0.3, -0.25) is 0 Å². The van der Waals surface area contributed by atoms with Crippen LogP contribution in [0.3, 0.4) is 0 Å². The third kappa shape index (κ3) is 11.4. The second-order valence-electron chi connectivity index (χ2n) is 1.32. The largest absolute Gasteiger partial charge is 0.381 e. The van der Waals surface area contributed by atoms with Gasteiger partial charge in [0.1, 0.15) is 0 Å². The Labute approximate surface area is 56.5 Å². The summed E-state index contributed by atoms with van der Waals surface area (Å²) >= 11 is 0. The Balaban J connectivity index is -0.0000000312. The predicted octanol–water partition coefficient (Wildman–Crippen LogP) is 1.44. The number of hydrogen-bond acceptors (Lipinski definition) is 5. The van der Waals surface area contributed by atoms with Crippen molar-refractivity contribution in [2.45, 2.75) is 12.8 Å². The van der Waals surface area contributed by atoms with Gasteiger partial charge in [0.15, 0.2) is 0 Å². The Kier molecular flexibility index (Phi) is 40.4. The first-order valence-electron chi connectivity index (χ1n) is 2.08. The van der Waals surface area contributed by atoms with Crippen molar-refractivity contribution < 1.29 is 4.74 Å². The summed E-state index contributed by atoms with van der Waals surface area (Å²) in [5.74, 6) is 0. The van der Waals surface area contributed by atoms with Gasteiger partial charge in [-0.25, -0.2) is 0 Å². The Morgan fingerprint density at radius 3 is 1.11 bits per heavy atom. The average Bonchev–Trinajstić information content (AvgIpc) is 1.76. The zero-order valence-corrected chi connectivity index (χ0v) is 6.07. The summed E-state index contributed by atoms with van der Waals surface area (Å²) < 4.78 is 4.94. The van der Waals surface area contributed by atoms with Crippen LogP contribution in [0.4, 0.5) is 0 Å². The molecule has 1 aliphatic heterocycles. The molecule has 1 fully saturated rings. The van der Waals surface area contributed by atoms with E-state index < -0.39 is 0 Å². The van der Waals surface area contributed by atoms with E-state index in [0.29, 0.717) is 0 Å². The van der Waals surface area contributed by atoms with Crippen LogP contribution < -0.4 is 24.6 Å². The van der Waals surface area contributed by atoms with E-state index in [4.69, 9.17) is 4.74 Å². The van der Waals surface area contributed by atoms with Crippen LogP contribution in [-0.2, 0) is 4.74 Å². The van der Waals surface area contributed by atoms with E-state index in [0.717, 1.165) is 13.2 Å². The number of rotatable bonds is 0. The Bertz CT molecular complexity index is 24.1. The summed E-state index contributed by atoms with van der Waals surface area (Å²) in [7, 11) is 0. The van der Waals surface area contributed by atoms with Gasteiger partial charge in [0, 0.05) is 13.2 Å². The Morgan fingerprint density at radius 1 is 0.667 bits per heavy atom. The molecule has 0 saturated carbocycles. The molecule has 0 radical (unpaired) electrons. The molecule has 0 aromatic carbocycles. The van der Waals surface area contributed by atoms with Crippen LogP contribution in [0.5, 0.6) is 0 Å². The van der Waals surface area contributed by atoms with Gasteiger partial charge in [0.25, 0.3) is 0 Å². The molecule has 1 rings (SSSR count). The fourth-order valence-corrected chi connectivity index (χ4v) is 0.510. The highest BCUT2D eigenvalue weighted by Crippen LogP contribution is 1.98. The summed E-state index contributed by atoms with van der Waals surface area (Å²) in [5.41, 5.74) is 0. The zero-order chi connectivity index (χ0) is 3.54. The predicted molar refractivity (Wildman–Crippen MR) is 40.1 cm³/mol. The van der Waals surface area contributed by atoms with Crippen molar-refractivity contribution in [3.8, 4) is 0 Å². The highest BCUT2D eigenvalue weighted by Gasteiger charge is 1.94. The summed E-state index contributed by atoms with van der Waals surface area (Å²) in [6, 6.07) is 0.